The number of hydrogen-bond acceptors (Lipinski definition) is 3. The molecule has 1 heterocycles. The van der Waals surface area contributed by atoms with Gasteiger partial charge in [0.25, 0.3) is 0 Å². The van der Waals surface area contributed by atoms with E-state index in [1.54, 1.807) is 7.11 Å². The lowest BCUT2D eigenvalue weighted by atomic mass is 9.89. The smallest absolute Gasteiger partial charge is 0.191 e. The summed E-state index contributed by atoms with van der Waals surface area (Å²) in [5.41, 5.74) is 2.39. The largest absolute Gasteiger partial charge is 0.379 e. The van der Waals surface area contributed by atoms with Gasteiger partial charge in [0.15, 0.2) is 5.96 Å². The Labute approximate surface area is 163 Å². The second-order valence-corrected chi connectivity index (χ2v) is 7.70. The van der Waals surface area contributed by atoms with Crippen molar-refractivity contribution >= 4 is 5.96 Å². The second-order valence-electron chi connectivity index (χ2n) is 7.70. The van der Waals surface area contributed by atoms with Gasteiger partial charge in [-0.25, -0.2) is 4.99 Å². The predicted molar refractivity (Wildman–Crippen MR) is 111 cm³/mol. The maximum Gasteiger partial charge on any atom is 0.191 e. The van der Waals surface area contributed by atoms with E-state index in [9.17, 15) is 0 Å². The van der Waals surface area contributed by atoms with Crippen molar-refractivity contribution in [2.45, 2.75) is 46.9 Å². The van der Waals surface area contributed by atoms with Gasteiger partial charge in [0.2, 0.25) is 0 Å². The fourth-order valence-corrected chi connectivity index (χ4v) is 2.79. The minimum absolute atomic E-state index is 0.0671. The molecule has 6 heteroatoms. The Bertz CT molecular complexity index is 703. The van der Waals surface area contributed by atoms with Crippen molar-refractivity contribution in [2.75, 3.05) is 20.2 Å². The monoisotopic (exact) mass is 371 g/mol. The molecule has 1 aromatic heterocycles. The average molecular weight is 372 g/mol. The van der Waals surface area contributed by atoms with Gasteiger partial charge < -0.3 is 15.4 Å². The first-order chi connectivity index (χ1) is 12.9. The molecule has 0 amide bonds. The van der Waals surface area contributed by atoms with Gasteiger partial charge in [0.05, 0.1) is 25.4 Å². The molecule has 27 heavy (non-hydrogen) atoms. The van der Waals surface area contributed by atoms with Crippen LogP contribution in [0.5, 0.6) is 0 Å². The zero-order valence-electron chi connectivity index (χ0n) is 17.2. The summed E-state index contributed by atoms with van der Waals surface area (Å²) in [6, 6.07) is 10.3. The Morgan fingerprint density at radius 2 is 1.93 bits per heavy atom. The van der Waals surface area contributed by atoms with Crippen LogP contribution in [0.15, 0.2) is 47.7 Å². The van der Waals surface area contributed by atoms with Crippen LogP contribution in [0.4, 0.5) is 0 Å². The number of benzene rings is 1. The third kappa shape index (κ3) is 7.06. The highest BCUT2D eigenvalue weighted by atomic mass is 16.5. The van der Waals surface area contributed by atoms with E-state index < -0.39 is 0 Å². The molecule has 2 N–H and O–H groups in total. The van der Waals surface area contributed by atoms with Crippen LogP contribution in [-0.4, -0.2) is 42.0 Å². The van der Waals surface area contributed by atoms with E-state index >= 15 is 0 Å². The topological polar surface area (TPSA) is 63.5 Å². The molecule has 1 unspecified atom stereocenters. The molecule has 6 nitrogen and oxygen atoms in total. The number of ether oxygens (including phenoxy) is 1. The zero-order valence-corrected chi connectivity index (χ0v) is 17.2. The van der Waals surface area contributed by atoms with E-state index in [0.29, 0.717) is 13.1 Å². The van der Waals surface area contributed by atoms with E-state index in [2.05, 4.69) is 60.6 Å². The highest BCUT2D eigenvalue weighted by Crippen LogP contribution is 2.20. The summed E-state index contributed by atoms with van der Waals surface area (Å²) in [6.07, 6.45) is 4.03. The molecule has 0 saturated carbocycles. The Morgan fingerprint density at radius 1 is 1.19 bits per heavy atom. The minimum Gasteiger partial charge on any atom is -0.379 e. The van der Waals surface area contributed by atoms with E-state index in [-0.39, 0.29) is 11.5 Å². The first-order valence-corrected chi connectivity index (χ1v) is 9.52. The van der Waals surface area contributed by atoms with Crippen LogP contribution in [0.3, 0.4) is 0 Å². The van der Waals surface area contributed by atoms with Crippen LogP contribution in [0.2, 0.25) is 0 Å². The molecule has 0 radical (unpaired) electrons. The third-order valence-electron chi connectivity index (χ3n) is 4.34. The van der Waals surface area contributed by atoms with Crippen molar-refractivity contribution in [2.24, 2.45) is 10.4 Å². The van der Waals surface area contributed by atoms with Crippen LogP contribution in [0.1, 0.15) is 38.8 Å². The SMILES string of the molecule is CCNC(=NCc1cnn(Cc2ccccc2)c1)NCC(OC)C(C)(C)C. The number of rotatable bonds is 8. The Kier molecular flexibility index (Phi) is 7.85. The van der Waals surface area contributed by atoms with Crippen molar-refractivity contribution in [3.05, 3.63) is 53.9 Å². The molecule has 2 rings (SSSR count). The van der Waals surface area contributed by atoms with Crippen LogP contribution in [0, 0.1) is 5.41 Å². The zero-order chi connectivity index (χ0) is 19.7. The Morgan fingerprint density at radius 3 is 2.56 bits per heavy atom. The number of nitrogens with one attached hydrogen (secondary N) is 2. The Balaban J connectivity index is 1.94. The van der Waals surface area contributed by atoms with Gasteiger partial charge in [0, 0.05) is 32.0 Å². The van der Waals surface area contributed by atoms with Crippen LogP contribution in [0.25, 0.3) is 0 Å². The van der Waals surface area contributed by atoms with Crippen LogP contribution < -0.4 is 10.6 Å². The molecule has 0 aliphatic rings. The highest BCUT2D eigenvalue weighted by Gasteiger charge is 2.24. The van der Waals surface area contributed by atoms with Crippen molar-refractivity contribution in [1.82, 2.24) is 20.4 Å². The number of aliphatic imine (C=N–C) groups is 1. The predicted octanol–water partition coefficient (Wildman–Crippen LogP) is 3.05. The molecular weight excluding hydrogens is 338 g/mol. The van der Waals surface area contributed by atoms with Gasteiger partial charge in [-0.3, -0.25) is 4.68 Å². The quantitative estimate of drug-likeness (QED) is 0.553. The molecule has 148 valence electrons. The fourth-order valence-electron chi connectivity index (χ4n) is 2.79. The molecule has 0 bridgehead atoms. The van der Waals surface area contributed by atoms with E-state index in [1.807, 2.05) is 35.3 Å². The van der Waals surface area contributed by atoms with Crippen molar-refractivity contribution in [3.8, 4) is 0 Å². The van der Waals surface area contributed by atoms with Crippen molar-refractivity contribution in [3.63, 3.8) is 0 Å². The summed E-state index contributed by atoms with van der Waals surface area (Å²) in [7, 11) is 1.75. The molecule has 0 spiro atoms. The molecule has 1 atom stereocenters. The summed E-state index contributed by atoms with van der Waals surface area (Å²) < 4.78 is 7.55. The van der Waals surface area contributed by atoms with Crippen LogP contribution in [-0.2, 0) is 17.8 Å². The lowest BCUT2D eigenvalue weighted by molar-refractivity contribution is 0.0205. The summed E-state index contributed by atoms with van der Waals surface area (Å²) >= 11 is 0. The summed E-state index contributed by atoms with van der Waals surface area (Å²) in [5, 5.41) is 11.1. The summed E-state index contributed by atoms with van der Waals surface area (Å²) in [6.45, 7) is 11.5. The Hall–Kier alpha value is -2.34. The number of nitrogens with zero attached hydrogens (tertiary/aromatic N) is 3. The van der Waals surface area contributed by atoms with E-state index in [0.717, 1.165) is 24.6 Å². The van der Waals surface area contributed by atoms with Gasteiger partial charge in [-0.2, -0.15) is 5.10 Å². The minimum atomic E-state index is 0.0671. The first-order valence-electron chi connectivity index (χ1n) is 9.52. The lowest BCUT2D eigenvalue weighted by Crippen LogP contribution is -2.45. The van der Waals surface area contributed by atoms with Crippen LogP contribution >= 0.6 is 0 Å². The molecule has 2 aromatic rings. The molecule has 0 fully saturated rings. The molecule has 0 aliphatic heterocycles. The van der Waals surface area contributed by atoms with Crippen molar-refractivity contribution < 1.29 is 4.74 Å². The van der Waals surface area contributed by atoms with Gasteiger partial charge >= 0.3 is 0 Å². The number of methoxy groups -OCH3 is 1. The molecule has 0 aliphatic carbocycles. The maximum absolute atomic E-state index is 5.61. The normalized spacial score (nSPS) is 13.4. The van der Waals surface area contributed by atoms with Gasteiger partial charge in [-0.15, -0.1) is 0 Å². The first kappa shape index (κ1) is 21.0. The molecule has 1 aromatic carbocycles. The third-order valence-corrected chi connectivity index (χ3v) is 4.34. The number of hydrogen-bond donors (Lipinski definition) is 2. The van der Waals surface area contributed by atoms with Gasteiger partial charge in [-0.05, 0) is 17.9 Å². The van der Waals surface area contributed by atoms with Crippen molar-refractivity contribution in [1.29, 1.82) is 0 Å². The molecular formula is C21H33N5O. The number of guanidine groups is 1. The lowest BCUT2D eigenvalue weighted by Gasteiger charge is -2.30. The average Bonchev–Trinajstić information content (AvgIpc) is 3.07. The highest BCUT2D eigenvalue weighted by molar-refractivity contribution is 5.79. The second kappa shape index (κ2) is 10.1. The summed E-state index contributed by atoms with van der Waals surface area (Å²) in [5.74, 6) is 0.791. The fraction of sp³-hybridized carbons (Fsp3) is 0.524. The molecule has 0 saturated heterocycles. The van der Waals surface area contributed by atoms with Gasteiger partial charge in [-0.1, -0.05) is 51.1 Å². The van der Waals surface area contributed by atoms with Gasteiger partial charge in [0.1, 0.15) is 0 Å². The number of aromatic nitrogens is 2. The maximum atomic E-state index is 5.61. The van der Waals surface area contributed by atoms with E-state index in [4.69, 9.17) is 4.74 Å². The van der Waals surface area contributed by atoms with E-state index in [1.165, 1.54) is 5.56 Å². The standard InChI is InChI=1S/C21H33N5O/c1-6-22-20(24-14-19(27-5)21(2,3)4)23-12-18-13-25-26(16-18)15-17-10-8-7-9-11-17/h7-11,13,16,19H,6,12,14-15H2,1-5H3,(H2,22,23,24). The summed E-state index contributed by atoms with van der Waals surface area (Å²) in [4.78, 5) is 4.68.